The maximum atomic E-state index is 13.5. The third-order valence-corrected chi connectivity index (χ3v) is 7.33. The van der Waals surface area contributed by atoms with Crippen molar-refractivity contribution >= 4 is 50.1 Å². The summed E-state index contributed by atoms with van der Waals surface area (Å²) in [5.41, 5.74) is 0.629. The first-order valence-electron chi connectivity index (χ1n) is 9.67. The average molecular weight is 483 g/mol. The Morgan fingerprint density at radius 2 is 2.00 bits per heavy atom. The molecule has 3 heterocycles. The van der Waals surface area contributed by atoms with Gasteiger partial charge in [0.05, 0.1) is 29.2 Å². The quantitative estimate of drug-likeness (QED) is 0.316. The van der Waals surface area contributed by atoms with Crippen molar-refractivity contribution in [3.63, 3.8) is 0 Å². The number of hydrogen-bond acceptors (Lipinski definition) is 9. The SMILES string of the molecule is COc1cccc(C=Nn2c(=O)c(C3=NS(O)(O)c4ccccc4N3)c(O)c3sccc32)c1. The minimum atomic E-state index is -3.57. The zero-order chi connectivity index (χ0) is 23.2. The third-order valence-electron chi connectivity index (χ3n) is 5.04. The van der Waals surface area contributed by atoms with Gasteiger partial charge in [-0.25, -0.2) is 0 Å². The van der Waals surface area contributed by atoms with Crippen LogP contribution in [0.1, 0.15) is 11.1 Å². The number of nitrogens with zero attached hydrogens (tertiary/aromatic N) is 3. The van der Waals surface area contributed by atoms with Gasteiger partial charge in [0.15, 0.2) is 11.6 Å². The van der Waals surface area contributed by atoms with Crippen molar-refractivity contribution in [3.8, 4) is 11.5 Å². The molecule has 0 atom stereocenters. The standard InChI is InChI=1S/C22H18N4O5S2/c1-31-14-6-4-5-13(11-14)12-23-26-16-9-10-32-20(16)19(27)18(22(26)28)21-24-15-7-2-3-8-17(15)33(29,30)25-21/h2-12,27,29-30H,1H3,(H,24,25). The molecule has 9 nitrogen and oxygen atoms in total. The van der Waals surface area contributed by atoms with Crippen molar-refractivity contribution in [2.45, 2.75) is 4.90 Å². The molecule has 0 bridgehead atoms. The lowest BCUT2D eigenvalue weighted by Gasteiger charge is -2.34. The van der Waals surface area contributed by atoms with E-state index in [4.69, 9.17) is 4.74 Å². The average Bonchev–Trinajstić information content (AvgIpc) is 3.29. The van der Waals surface area contributed by atoms with E-state index in [9.17, 15) is 19.0 Å². The number of aromatic hydroxyl groups is 1. The first-order valence-corrected chi connectivity index (χ1v) is 12.1. The molecule has 168 valence electrons. The summed E-state index contributed by atoms with van der Waals surface area (Å²) in [6.07, 6.45) is 1.50. The van der Waals surface area contributed by atoms with Crippen LogP contribution in [0.3, 0.4) is 0 Å². The molecular weight excluding hydrogens is 464 g/mol. The van der Waals surface area contributed by atoms with Gasteiger partial charge in [0, 0.05) is 0 Å². The van der Waals surface area contributed by atoms with E-state index in [1.807, 2.05) is 6.07 Å². The van der Waals surface area contributed by atoms with Crippen LogP contribution in [-0.4, -0.2) is 38.0 Å². The van der Waals surface area contributed by atoms with Gasteiger partial charge < -0.3 is 15.2 Å². The Hall–Kier alpha value is -3.64. The summed E-state index contributed by atoms with van der Waals surface area (Å²) >= 11 is 1.22. The summed E-state index contributed by atoms with van der Waals surface area (Å²) in [5.74, 6) is 0.193. The van der Waals surface area contributed by atoms with Crippen LogP contribution in [0.2, 0.25) is 0 Å². The molecule has 0 saturated carbocycles. The van der Waals surface area contributed by atoms with E-state index in [1.54, 1.807) is 55.0 Å². The zero-order valence-electron chi connectivity index (χ0n) is 17.2. The third kappa shape index (κ3) is 3.66. The minimum Gasteiger partial charge on any atom is -0.505 e. The number of pyridine rings is 1. The Kier molecular flexibility index (Phi) is 5.17. The summed E-state index contributed by atoms with van der Waals surface area (Å²) in [5, 5.41) is 19.9. The fraction of sp³-hybridized carbons (Fsp3) is 0.0455. The molecule has 1 aliphatic heterocycles. The van der Waals surface area contributed by atoms with Gasteiger partial charge in [0.2, 0.25) is 0 Å². The van der Waals surface area contributed by atoms with E-state index >= 15 is 0 Å². The minimum absolute atomic E-state index is 0.142. The number of nitrogens with one attached hydrogen (secondary N) is 1. The van der Waals surface area contributed by atoms with Gasteiger partial charge in [0.1, 0.15) is 16.2 Å². The maximum Gasteiger partial charge on any atom is 0.286 e. The molecule has 2 aromatic heterocycles. The Balaban J connectivity index is 1.68. The number of ether oxygens (including phenoxy) is 1. The maximum absolute atomic E-state index is 13.5. The highest BCUT2D eigenvalue weighted by Crippen LogP contribution is 2.55. The number of hydrogen-bond donors (Lipinski definition) is 4. The molecule has 0 saturated heterocycles. The second kappa shape index (κ2) is 8.05. The second-order valence-corrected chi connectivity index (χ2v) is 9.65. The van der Waals surface area contributed by atoms with Crippen LogP contribution in [0.5, 0.6) is 11.5 Å². The smallest absolute Gasteiger partial charge is 0.286 e. The van der Waals surface area contributed by atoms with Crippen molar-refractivity contribution in [2.24, 2.45) is 9.50 Å². The lowest BCUT2D eigenvalue weighted by atomic mass is 10.2. The molecule has 0 spiro atoms. The number of thiophene rings is 1. The van der Waals surface area contributed by atoms with E-state index in [0.717, 1.165) is 4.68 Å². The van der Waals surface area contributed by atoms with Crippen molar-refractivity contribution in [2.75, 3.05) is 12.4 Å². The van der Waals surface area contributed by atoms with E-state index in [0.29, 0.717) is 27.2 Å². The van der Waals surface area contributed by atoms with Gasteiger partial charge in [-0.15, -0.1) is 15.7 Å². The Labute approximate surface area is 193 Å². The number of para-hydroxylation sites is 1. The van der Waals surface area contributed by atoms with Gasteiger partial charge in [0.25, 0.3) is 5.56 Å². The summed E-state index contributed by atoms with van der Waals surface area (Å²) in [6, 6.07) is 15.4. The lowest BCUT2D eigenvalue weighted by Crippen LogP contribution is -2.30. The van der Waals surface area contributed by atoms with Crippen LogP contribution in [0.15, 0.2) is 79.2 Å². The van der Waals surface area contributed by atoms with Gasteiger partial charge in [-0.1, -0.05) is 35.0 Å². The number of benzene rings is 2. The summed E-state index contributed by atoms with van der Waals surface area (Å²) in [6.45, 7) is 0. The number of amidine groups is 1. The van der Waals surface area contributed by atoms with Gasteiger partial charge in [-0.3, -0.25) is 13.9 Å². The molecule has 4 aromatic rings. The zero-order valence-corrected chi connectivity index (χ0v) is 18.8. The van der Waals surface area contributed by atoms with Gasteiger partial charge >= 0.3 is 0 Å². The van der Waals surface area contributed by atoms with E-state index in [1.165, 1.54) is 23.6 Å². The number of anilines is 1. The largest absolute Gasteiger partial charge is 0.505 e. The molecule has 2 aromatic carbocycles. The normalized spacial score (nSPS) is 15.7. The monoisotopic (exact) mass is 482 g/mol. The molecule has 0 fully saturated rings. The Bertz CT molecular complexity index is 1510. The van der Waals surface area contributed by atoms with E-state index in [2.05, 4.69) is 14.8 Å². The van der Waals surface area contributed by atoms with Crippen LogP contribution in [0.25, 0.3) is 10.2 Å². The van der Waals surface area contributed by atoms with Crippen molar-refractivity contribution in [1.82, 2.24) is 4.68 Å². The molecule has 0 unspecified atom stereocenters. The van der Waals surface area contributed by atoms with E-state index < -0.39 is 16.3 Å². The molecule has 5 rings (SSSR count). The molecular formula is C22H18N4O5S2. The predicted molar refractivity (Wildman–Crippen MR) is 131 cm³/mol. The van der Waals surface area contributed by atoms with E-state index in [-0.39, 0.29) is 22.0 Å². The number of methoxy groups -OCH3 is 1. The first-order chi connectivity index (χ1) is 15.9. The summed E-state index contributed by atoms with van der Waals surface area (Å²) in [7, 11) is -2.01. The van der Waals surface area contributed by atoms with Crippen LogP contribution in [0, 0.1) is 0 Å². The molecule has 0 aliphatic carbocycles. The Morgan fingerprint density at radius 1 is 1.18 bits per heavy atom. The fourth-order valence-electron chi connectivity index (χ4n) is 3.49. The summed E-state index contributed by atoms with van der Waals surface area (Å²) < 4.78 is 31.9. The van der Waals surface area contributed by atoms with Gasteiger partial charge in [-0.05, 0) is 41.3 Å². The fourth-order valence-corrected chi connectivity index (χ4v) is 5.48. The van der Waals surface area contributed by atoms with Crippen molar-refractivity contribution in [3.05, 3.63) is 81.5 Å². The topological polar surface area (TPSA) is 129 Å². The lowest BCUT2D eigenvalue weighted by molar-refractivity contribution is 0.414. The molecule has 0 amide bonds. The van der Waals surface area contributed by atoms with Gasteiger partial charge in [-0.2, -0.15) is 9.78 Å². The molecule has 11 heteroatoms. The highest BCUT2D eigenvalue weighted by molar-refractivity contribution is 8.23. The van der Waals surface area contributed by atoms with Crippen LogP contribution >= 0.6 is 22.1 Å². The predicted octanol–water partition coefficient (Wildman–Crippen LogP) is 4.56. The van der Waals surface area contributed by atoms with Crippen LogP contribution in [0.4, 0.5) is 5.69 Å². The highest BCUT2D eigenvalue weighted by Gasteiger charge is 2.30. The number of fused-ring (bicyclic) bond motifs is 2. The van der Waals surface area contributed by atoms with Crippen LogP contribution in [-0.2, 0) is 0 Å². The van der Waals surface area contributed by atoms with Crippen LogP contribution < -0.4 is 15.6 Å². The molecule has 1 aliphatic rings. The van der Waals surface area contributed by atoms with Crippen molar-refractivity contribution in [1.29, 1.82) is 0 Å². The highest BCUT2D eigenvalue weighted by atomic mass is 32.3. The number of aromatic nitrogens is 1. The first kappa shape index (κ1) is 21.2. The molecule has 4 N–H and O–H groups in total. The molecule has 0 radical (unpaired) electrons. The summed E-state index contributed by atoms with van der Waals surface area (Å²) in [4.78, 5) is 13.7. The Morgan fingerprint density at radius 3 is 2.82 bits per heavy atom. The second-order valence-electron chi connectivity index (χ2n) is 7.08. The molecule has 33 heavy (non-hydrogen) atoms. The van der Waals surface area contributed by atoms with Crippen molar-refractivity contribution < 1.29 is 18.9 Å². The number of rotatable bonds is 4.